The zero-order chi connectivity index (χ0) is 10.1. The Morgan fingerprint density at radius 1 is 1.31 bits per heavy atom. The van der Waals surface area contributed by atoms with Gasteiger partial charge in [-0.3, -0.25) is 0 Å². The Kier molecular flexibility index (Phi) is 3.28. The fraction of sp³-hybridized carbons (Fsp3) is 0.143. The van der Waals surface area contributed by atoms with Crippen molar-refractivity contribution in [3.05, 3.63) is 26.8 Å². The van der Waals surface area contributed by atoms with Crippen molar-refractivity contribution >= 4 is 34.2 Å². The van der Waals surface area contributed by atoms with Crippen LogP contribution in [0.2, 0.25) is 5.02 Å². The second kappa shape index (κ2) is 3.91. The summed E-state index contributed by atoms with van der Waals surface area (Å²) < 4.78 is 39.5. The van der Waals surface area contributed by atoms with Crippen LogP contribution in [-0.4, -0.2) is 6.36 Å². The molecule has 1 rings (SSSR count). The van der Waals surface area contributed by atoms with Gasteiger partial charge < -0.3 is 4.74 Å². The van der Waals surface area contributed by atoms with E-state index in [4.69, 9.17) is 11.6 Å². The van der Waals surface area contributed by atoms with E-state index >= 15 is 0 Å². The molecule has 0 saturated carbocycles. The lowest BCUT2D eigenvalue weighted by molar-refractivity contribution is -0.274. The zero-order valence-electron chi connectivity index (χ0n) is 6.03. The van der Waals surface area contributed by atoms with Gasteiger partial charge >= 0.3 is 6.36 Å². The molecule has 0 aliphatic rings. The molecule has 1 nitrogen and oxygen atoms in total. The third kappa shape index (κ3) is 3.22. The molecule has 0 amide bonds. The minimum absolute atomic E-state index is 0.0274. The van der Waals surface area contributed by atoms with E-state index in [1.165, 1.54) is 6.07 Å². The number of rotatable bonds is 1. The van der Waals surface area contributed by atoms with Crippen LogP contribution in [0.4, 0.5) is 13.2 Å². The molecule has 0 radical (unpaired) electrons. The van der Waals surface area contributed by atoms with Crippen molar-refractivity contribution in [1.82, 2.24) is 0 Å². The van der Waals surface area contributed by atoms with Crippen LogP contribution in [-0.2, 0) is 0 Å². The molecule has 0 spiro atoms. The number of ether oxygens (including phenoxy) is 1. The average molecular weight is 322 g/mol. The highest BCUT2D eigenvalue weighted by molar-refractivity contribution is 14.1. The largest absolute Gasteiger partial charge is 0.573 e. The first-order valence-electron chi connectivity index (χ1n) is 3.10. The lowest BCUT2D eigenvalue weighted by Gasteiger charge is -2.10. The van der Waals surface area contributed by atoms with Crippen molar-refractivity contribution in [2.75, 3.05) is 0 Å². The molecule has 0 heterocycles. The van der Waals surface area contributed by atoms with Crippen LogP contribution in [0.15, 0.2) is 18.2 Å². The summed E-state index contributed by atoms with van der Waals surface area (Å²) >= 11 is 7.39. The van der Waals surface area contributed by atoms with E-state index in [1.807, 2.05) is 22.6 Å². The Hall–Kier alpha value is -0.170. The maximum absolute atomic E-state index is 11.8. The molecule has 0 fully saturated rings. The van der Waals surface area contributed by atoms with Crippen molar-refractivity contribution in [2.24, 2.45) is 0 Å². The predicted molar refractivity (Wildman–Crippen MR) is 50.9 cm³/mol. The van der Waals surface area contributed by atoms with Crippen LogP contribution in [0.3, 0.4) is 0 Å². The Labute approximate surface area is 91.0 Å². The van der Waals surface area contributed by atoms with Gasteiger partial charge in [0, 0.05) is 3.57 Å². The number of halogens is 5. The van der Waals surface area contributed by atoms with E-state index in [1.54, 1.807) is 6.07 Å². The molecular formula is C7H3ClF3IO. The zero-order valence-corrected chi connectivity index (χ0v) is 8.94. The maximum atomic E-state index is 11.8. The summed E-state index contributed by atoms with van der Waals surface area (Å²) in [5.41, 5.74) is 0. The molecule has 0 aromatic heterocycles. The second-order valence-corrected chi connectivity index (χ2v) is 3.64. The summed E-state index contributed by atoms with van der Waals surface area (Å²) in [7, 11) is 0. The summed E-state index contributed by atoms with van der Waals surface area (Å²) in [5.74, 6) is -0.374. The molecular weight excluding hydrogens is 319 g/mol. The van der Waals surface area contributed by atoms with E-state index in [9.17, 15) is 13.2 Å². The van der Waals surface area contributed by atoms with Gasteiger partial charge in [-0.05, 0) is 34.7 Å². The summed E-state index contributed by atoms with van der Waals surface area (Å²) in [4.78, 5) is 0. The van der Waals surface area contributed by atoms with E-state index in [-0.39, 0.29) is 10.8 Å². The third-order valence-corrected chi connectivity index (χ3v) is 2.75. The predicted octanol–water partition coefficient (Wildman–Crippen LogP) is 3.84. The van der Waals surface area contributed by atoms with Crippen LogP contribution in [0.1, 0.15) is 0 Å². The van der Waals surface area contributed by atoms with E-state index < -0.39 is 6.36 Å². The van der Waals surface area contributed by atoms with Gasteiger partial charge in [0.1, 0.15) is 5.75 Å². The summed E-state index contributed by atoms with van der Waals surface area (Å²) in [6, 6.07) is 4.19. The minimum atomic E-state index is -4.70. The van der Waals surface area contributed by atoms with Gasteiger partial charge in [-0.25, -0.2) is 0 Å². The first kappa shape index (κ1) is 10.9. The number of benzene rings is 1. The Morgan fingerprint density at radius 3 is 2.46 bits per heavy atom. The quantitative estimate of drug-likeness (QED) is 0.714. The summed E-state index contributed by atoms with van der Waals surface area (Å²) in [6.07, 6.45) is -4.70. The highest BCUT2D eigenvalue weighted by Crippen LogP contribution is 2.32. The Bertz CT molecular complexity index is 313. The van der Waals surface area contributed by atoms with Crippen molar-refractivity contribution in [2.45, 2.75) is 6.36 Å². The molecule has 0 N–H and O–H groups in total. The normalized spacial score (nSPS) is 11.5. The van der Waals surface area contributed by atoms with Gasteiger partial charge in [0.25, 0.3) is 0 Å². The molecule has 0 saturated heterocycles. The van der Waals surface area contributed by atoms with Crippen LogP contribution in [0.25, 0.3) is 0 Å². The van der Waals surface area contributed by atoms with Crippen LogP contribution >= 0.6 is 34.2 Å². The lowest BCUT2D eigenvalue weighted by atomic mass is 10.3. The van der Waals surface area contributed by atoms with Crippen molar-refractivity contribution in [3.8, 4) is 5.75 Å². The molecule has 0 bridgehead atoms. The fourth-order valence-corrected chi connectivity index (χ4v) is 1.33. The van der Waals surface area contributed by atoms with Crippen LogP contribution in [0.5, 0.6) is 5.75 Å². The monoisotopic (exact) mass is 322 g/mol. The number of hydrogen-bond donors (Lipinski definition) is 0. The van der Waals surface area contributed by atoms with Crippen LogP contribution < -0.4 is 4.74 Å². The average Bonchev–Trinajstić information content (AvgIpc) is 1.96. The standard InChI is InChI=1S/C7H3ClF3IO/c8-6-4(12)2-1-3-5(6)13-7(9,10)11/h1-3H. The lowest BCUT2D eigenvalue weighted by Crippen LogP contribution is -2.17. The molecule has 0 unspecified atom stereocenters. The van der Waals surface area contributed by atoms with Crippen molar-refractivity contribution in [1.29, 1.82) is 0 Å². The van der Waals surface area contributed by atoms with E-state index in [2.05, 4.69) is 4.74 Å². The Morgan fingerprint density at radius 2 is 1.92 bits per heavy atom. The van der Waals surface area contributed by atoms with Gasteiger partial charge in [-0.2, -0.15) is 0 Å². The minimum Gasteiger partial charge on any atom is -0.404 e. The SMILES string of the molecule is FC(F)(F)Oc1cccc(I)c1Cl. The maximum Gasteiger partial charge on any atom is 0.573 e. The van der Waals surface area contributed by atoms with Gasteiger partial charge in [-0.1, -0.05) is 17.7 Å². The molecule has 6 heteroatoms. The van der Waals surface area contributed by atoms with E-state index in [0.29, 0.717) is 3.57 Å². The van der Waals surface area contributed by atoms with Gasteiger partial charge in [0.05, 0.1) is 5.02 Å². The second-order valence-electron chi connectivity index (χ2n) is 2.10. The molecule has 1 aromatic carbocycles. The summed E-state index contributed by atoms with van der Waals surface area (Å²) in [6.45, 7) is 0. The molecule has 72 valence electrons. The molecule has 0 atom stereocenters. The highest BCUT2D eigenvalue weighted by atomic mass is 127. The van der Waals surface area contributed by atoms with E-state index in [0.717, 1.165) is 6.07 Å². The molecule has 13 heavy (non-hydrogen) atoms. The van der Waals surface area contributed by atoms with Gasteiger partial charge in [0.2, 0.25) is 0 Å². The molecule has 0 aliphatic heterocycles. The van der Waals surface area contributed by atoms with Gasteiger partial charge in [-0.15, -0.1) is 13.2 Å². The smallest absolute Gasteiger partial charge is 0.404 e. The molecule has 1 aromatic rings. The number of alkyl halides is 3. The Balaban J connectivity index is 2.96. The highest BCUT2D eigenvalue weighted by Gasteiger charge is 2.32. The fourth-order valence-electron chi connectivity index (χ4n) is 0.688. The van der Waals surface area contributed by atoms with Gasteiger partial charge in [0.15, 0.2) is 0 Å². The topological polar surface area (TPSA) is 9.23 Å². The number of hydrogen-bond acceptors (Lipinski definition) is 1. The first-order chi connectivity index (χ1) is 5.90. The first-order valence-corrected chi connectivity index (χ1v) is 4.55. The van der Waals surface area contributed by atoms with Crippen LogP contribution in [0, 0.1) is 3.57 Å². The third-order valence-electron chi connectivity index (χ3n) is 1.14. The summed E-state index contributed by atoms with van der Waals surface area (Å²) in [5, 5.41) is -0.0274. The van der Waals surface area contributed by atoms with Crippen molar-refractivity contribution in [3.63, 3.8) is 0 Å². The molecule has 0 aliphatic carbocycles. The van der Waals surface area contributed by atoms with Crippen molar-refractivity contribution < 1.29 is 17.9 Å².